The number of aliphatic hydroxyl groups excluding tert-OH is 4. The Labute approximate surface area is 134 Å². The summed E-state index contributed by atoms with van der Waals surface area (Å²) < 4.78 is 21.0. The summed E-state index contributed by atoms with van der Waals surface area (Å²) in [6, 6.07) is 0. The van der Waals surface area contributed by atoms with Crippen molar-refractivity contribution in [2.45, 2.75) is 30.7 Å². The fourth-order valence-electron chi connectivity index (χ4n) is 1.89. The molecule has 1 fully saturated rings. The second-order valence-electron chi connectivity index (χ2n) is 4.79. The molecule has 22 heavy (non-hydrogen) atoms. The van der Waals surface area contributed by atoms with E-state index in [-0.39, 0.29) is 13.2 Å². The number of thioether (sulfide) groups is 1. The Hall–Kier alpha value is 0.0300. The van der Waals surface area contributed by atoms with Crippen molar-refractivity contribution in [2.75, 3.05) is 51.6 Å². The molecule has 1 aliphatic rings. The molecule has 0 bridgehead atoms. The minimum Gasteiger partial charge on any atom is -0.394 e. The summed E-state index contributed by atoms with van der Waals surface area (Å²) in [6.07, 6.45) is -4.26. The van der Waals surface area contributed by atoms with Crippen LogP contribution >= 0.6 is 11.8 Å². The van der Waals surface area contributed by atoms with Crippen LogP contribution in [0, 0.1) is 0 Å². The van der Waals surface area contributed by atoms with Gasteiger partial charge in [0.2, 0.25) is 0 Å². The predicted octanol–water partition coefficient (Wildman–Crippen LogP) is -1.80. The Morgan fingerprint density at radius 1 is 0.909 bits per heavy atom. The molecular weight excluding hydrogens is 316 g/mol. The van der Waals surface area contributed by atoms with Crippen LogP contribution in [0.15, 0.2) is 0 Å². The van der Waals surface area contributed by atoms with E-state index in [4.69, 9.17) is 24.1 Å². The molecule has 0 aliphatic carbocycles. The summed E-state index contributed by atoms with van der Waals surface area (Å²) in [6.45, 7) is 1.57. The summed E-state index contributed by atoms with van der Waals surface area (Å²) in [5.41, 5.74) is 0. The summed E-state index contributed by atoms with van der Waals surface area (Å²) in [5.74, 6) is 0.945. The Bertz CT molecular complexity index is 281. The van der Waals surface area contributed by atoms with Crippen molar-refractivity contribution in [1.82, 2.24) is 0 Å². The van der Waals surface area contributed by atoms with E-state index in [2.05, 4.69) is 0 Å². The first kappa shape index (κ1) is 20.1. The molecule has 0 saturated carbocycles. The van der Waals surface area contributed by atoms with Gasteiger partial charge in [-0.1, -0.05) is 0 Å². The first-order valence-corrected chi connectivity index (χ1v) is 8.57. The lowest BCUT2D eigenvalue weighted by atomic mass is 9.99. The van der Waals surface area contributed by atoms with Gasteiger partial charge in [-0.05, 0) is 6.26 Å². The molecule has 0 amide bonds. The van der Waals surface area contributed by atoms with Crippen molar-refractivity contribution in [2.24, 2.45) is 0 Å². The third kappa shape index (κ3) is 6.65. The number of ether oxygens (including phenoxy) is 4. The van der Waals surface area contributed by atoms with E-state index < -0.39 is 37.3 Å². The molecule has 8 nitrogen and oxygen atoms in total. The minimum absolute atomic E-state index is 0.146. The normalized spacial score (nSPS) is 32.3. The Morgan fingerprint density at radius 2 is 1.55 bits per heavy atom. The van der Waals surface area contributed by atoms with Crippen molar-refractivity contribution in [3.8, 4) is 0 Å². The molecule has 0 radical (unpaired) electrons. The molecule has 0 aromatic carbocycles. The van der Waals surface area contributed by atoms with Gasteiger partial charge in [0, 0.05) is 5.75 Å². The fourth-order valence-corrected chi connectivity index (χ4v) is 2.18. The van der Waals surface area contributed by atoms with E-state index in [1.54, 1.807) is 11.8 Å². The van der Waals surface area contributed by atoms with Crippen molar-refractivity contribution in [3.63, 3.8) is 0 Å². The van der Waals surface area contributed by atoms with Crippen LogP contribution in [0.5, 0.6) is 0 Å². The van der Waals surface area contributed by atoms with E-state index in [0.717, 1.165) is 5.75 Å². The highest BCUT2D eigenvalue weighted by atomic mass is 32.2. The highest BCUT2D eigenvalue weighted by Gasteiger charge is 2.43. The van der Waals surface area contributed by atoms with Crippen LogP contribution in [-0.4, -0.2) is 103 Å². The van der Waals surface area contributed by atoms with E-state index >= 15 is 0 Å². The third-order valence-electron chi connectivity index (χ3n) is 3.16. The number of hydrogen-bond donors (Lipinski definition) is 4. The average molecular weight is 342 g/mol. The Morgan fingerprint density at radius 3 is 2.18 bits per heavy atom. The first-order valence-electron chi connectivity index (χ1n) is 7.18. The smallest absolute Gasteiger partial charge is 0.186 e. The molecule has 0 aromatic heterocycles. The number of aliphatic hydroxyl groups is 4. The highest BCUT2D eigenvalue weighted by molar-refractivity contribution is 7.98. The van der Waals surface area contributed by atoms with Gasteiger partial charge in [0.1, 0.15) is 24.4 Å². The molecular formula is C13H26O8S. The van der Waals surface area contributed by atoms with E-state index in [0.29, 0.717) is 19.8 Å². The second kappa shape index (κ2) is 11.5. The van der Waals surface area contributed by atoms with E-state index in [9.17, 15) is 15.3 Å². The highest BCUT2D eigenvalue weighted by Crippen LogP contribution is 2.21. The second-order valence-corrected chi connectivity index (χ2v) is 5.77. The van der Waals surface area contributed by atoms with Crippen LogP contribution in [0.2, 0.25) is 0 Å². The molecule has 132 valence electrons. The molecule has 1 saturated heterocycles. The lowest BCUT2D eigenvalue weighted by molar-refractivity contribution is -0.302. The van der Waals surface area contributed by atoms with Gasteiger partial charge in [-0.2, -0.15) is 11.8 Å². The van der Waals surface area contributed by atoms with Gasteiger partial charge in [-0.3, -0.25) is 0 Å². The molecule has 0 spiro atoms. The molecule has 1 rings (SSSR count). The molecule has 0 aromatic rings. The average Bonchev–Trinajstić information content (AvgIpc) is 2.53. The van der Waals surface area contributed by atoms with Crippen LogP contribution < -0.4 is 0 Å². The first-order chi connectivity index (χ1) is 10.6. The molecule has 0 unspecified atom stereocenters. The lowest BCUT2D eigenvalue weighted by Crippen LogP contribution is -2.59. The van der Waals surface area contributed by atoms with Crippen LogP contribution in [0.1, 0.15) is 0 Å². The van der Waals surface area contributed by atoms with Crippen LogP contribution in [0.25, 0.3) is 0 Å². The summed E-state index contributed by atoms with van der Waals surface area (Å²) >= 11 is 1.71. The maximum Gasteiger partial charge on any atom is 0.186 e. The standard InChI is InChI=1S/C13H26O8S/c1-22-7-6-19-3-2-18-4-5-20-13-12(17)11(16)10(15)9(8-14)21-13/h9-17H,2-8H2,1H3/t9-,10-,11+,12-,13-/m0/s1. The van der Waals surface area contributed by atoms with Gasteiger partial charge in [0.05, 0.1) is 39.6 Å². The number of rotatable bonds is 11. The van der Waals surface area contributed by atoms with E-state index in [1.807, 2.05) is 6.26 Å². The Kier molecular flexibility index (Phi) is 10.5. The fraction of sp³-hybridized carbons (Fsp3) is 1.00. The maximum atomic E-state index is 9.74. The Balaban J connectivity index is 2.11. The predicted molar refractivity (Wildman–Crippen MR) is 79.7 cm³/mol. The topological polar surface area (TPSA) is 118 Å². The largest absolute Gasteiger partial charge is 0.394 e. The third-order valence-corrected chi connectivity index (χ3v) is 3.74. The van der Waals surface area contributed by atoms with Crippen LogP contribution in [0.4, 0.5) is 0 Å². The van der Waals surface area contributed by atoms with Crippen LogP contribution in [-0.2, 0) is 18.9 Å². The minimum atomic E-state index is -1.43. The van der Waals surface area contributed by atoms with Crippen molar-refractivity contribution < 1.29 is 39.4 Å². The van der Waals surface area contributed by atoms with Gasteiger partial charge >= 0.3 is 0 Å². The molecule has 9 heteroatoms. The molecule has 1 aliphatic heterocycles. The summed E-state index contributed by atoms with van der Waals surface area (Å²) in [7, 11) is 0. The van der Waals surface area contributed by atoms with Crippen molar-refractivity contribution in [3.05, 3.63) is 0 Å². The van der Waals surface area contributed by atoms with Gasteiger partial charge in [-0.15, -0.1) is 0 Å². The van der Waals surface area contributed by atoms with Gasteiger partial charge in [0.25, 0.3) is 0 Å². The molecule has 4 N–H and O–H groups in total. The quantitative estimate of drug-likeness (QED) is 0.323. The summed E-state index contributed by atoms with van der Waals surface area (Å²) in [4.78, 5) is 0. The zero-order chi connectivity index (χ0) is 16.4. The lowest BCUT2D eigenvalue weighted by Gasteiger charge is -2.39. The van der Waals surface area contributed by atoms with Gasteiger partial charge in [0.15, 0.2) is 6.29 Å². The van der Waals surface area contributed by atoms with E-state index in [1.165, 1.54) is 0 Å². The van der Waals surface area contributed by atoms with Gasteiger partial charge < -0.3 is 39.4 Å². The maximum absolute atomic E-state index is 9.74. The summed E-state index contributed by atoms with van der Waals surface area (Å²) in [5, 5.41) is 38.0. The zero-order valence-corrected chi connectivity index (χ0v) is 13.5. The zero-order valence-electron chi connectivity index (χ0n) is 12.7. The van der Waals surface area contributed by atoms with Crippen molar-refractivity contribution in [1.29, 1.82) is 0 Å². The van der Waals surface area contributed by atoms with Crippen molar-refractivity contribution >= 4 is 11.8 Å². The monoisotopic (exact) mass is 342 g/mol. The number of hydrogen-bond acceptors (Lipinski definition) is 9. The SMILES string of the molecule is CSCCOCCOCCO[C@H]1O[C@@H](CO)[C@H](O)[C@@H](O)[C@@H]1O. The molecule has 1 heterocycles. The molecule has 5 atom stereocenters. The van der Waals surface area contributed by atoms with Crippen LogP contribution in [0.3, 0.4) is 0 Å². The van der Waals surface area contributed by atoms with Gasteiger partial charge in [-0.25, -0.2) is 0 Å².